The number of rotatable bonds is 10. The minimum absolute atomic E-state index is 0.109. The lowest BCUT2D eigenvalue weighted by Crippen LogP contribution is -2.51. The van der Waals surface area contributed by atoms with Crippen molar-refractivity contribution in [3.63, 3.8) is 0 Å². The third kappa shape index (κ3) is 7.69. The van der Waals surface area contributed by atoms with Crippen LogP contribution in [0.3, 0.4) is 0 Å². The van der Waals surface area contributed by atoms with Crippen molar-refractivity contribution in [1.82, 2.24) is 10.2 Å². The molecule has 4 nitrogen and oxygen atoms in total. The van der Waals surface area contributed by atoms with E-state index in [1.807, 2.05) is 13.0 Å². The van der Waals surface area contributed by atoms with Gasteiger partial charge in [0.15, 0.2) is 0 Å². The van der Waals surface area contributed by atoms with E-state index >= 15 is 0 Å². The summed E-state index contributed by atoms with van der Waals surface area (Å²) in [5.41, 5.74) is 1.73. The molecule has 1 atom stereocenters. The van der Waals surface area contributed by atoms with Crippen LogP contribution in [0.15, 0.2) is 36.4 Å². The van der Waals surface area contributed by atoms with Crippen LogP contribution in [0.4, 0.5) is 0 Å². The largest absolute Gasteiger partial charge is 0.352 e. The Bertz CT molecular complexity index is 1010. The minimum atomic E-state index is -0.578. The number of hydrogen-bond acceptors (Lipinski definition) is 3. The molecule has 1 saturated carbocycles. The normalized spacial score (nSPS) is 14.7. The van der Waals surface area contributed by atoms with Crippen LogP contribution in [0.1, 0.15) is 50.2 Å². The summed E-state index contributed by atoms with van der Waals surface area (Å²) in [4.78, 5) is 28.2. The molecule has 184 valence electrons. The molecule has 0 spiro atoms. The van der Waals surface area contributed by atoms with Gasteiger partial charge in [0.2, 0.25) is 11.8 Å². The van der Waals surface area contributed by atoms with Crippen molar-refractivity contribution in [3.8, 4) is 0 Å². The molecule has 0 heterocycles. The van der Waals surface area contributed by atoms with Crippen molar-refractivity contribution in [3.05, 3.63) is 67.6 Å². The summed E-state index contributed by atoms with van der Waals surface area (Å²) in [5.74, 6) is 0.592. The van der Waals surface area contributed by atoms with Crippen molar-refractivity contribution >= 4 is 70.0 Å². The Kier molecular flexibility index (Phi) is 10.7. The third-order valence-electron chi connectivity index (χ3n) is 5.92. The zero-order valence-corrected chi connectivity index (χ0v) is 22.8. The number of carbonyl (C=O) groups is 2. The standard InChI is InChI=1S/C25H28Cl4N2O2S/c1-2-23(25(33)30-19-5-3-4-6-19)31(13-17-8-9-18(26)12-21(17)28)24(32)15-34-14-16-7-10-20(27)22(29)11-16/h7-12,19,23H,2-6,13-15H2,1H3,(H,30,33)/t23-/m1/s1. The number of nitrogens with zero attached hydrogens (tertiary/aromatic N) is 1. The first-order valence-corrected chi connectivity index (χ1v) is 14.0. The zero-order chi connectivity index (χ0) is 24.7. The van der Waals surface area contributed by atoms with Crippen LogP contribution in [0, 0.1) is 0 Å². The van der Waals surface area contributed by atoms with Crippen molar-refractivity contribution < 1.29 is 9.59 Å². The van der Waals surface area contributed by atoms with E-state index in [1.54, 1.807) is 35.2 Å². The second kappa shape index (κ2) is 13.3. The molecule has 0 unspecified atom stereocenters. The van der Waals surface area contributed by atoms with Gasteiger partial charge in [-0.15, -0.1) is 11.8 Å². The van der Waals surface area contributed by atoms with Crippen LogP contribution in [0.2, 0.25) is 20.1 Å². The number of carbonyl (C=O) groups excluding carboxylic acids is 2. The van der Waals surface area contributed by atoms with E-state index in [4.69, 9.17) is 46.4 Å². The van der Waals surface area contributed by atoms with E-state index in [9.17, 15) is 9.59 Å². The highest BCUT2D eigenvalue weighted by Crippen LogP contribution is 2.27. The second-order valence-electron chi connectivity index (χ2n) is 8.41. The molecule has 1 fully saturated rings. The van der Waals surface area contributed by atoms with Crippen molar-refractivity contribution in [2.24, 2.45) is 0 Å². The van der Waals surface area contributed by atoms with Crippen molar-refractivity contribution in [2.75, 3.05) is 5.75 Å². The van der Waals surface area contributed by atoms with Gasteiger partial charge in [-0.25, -0.2) is 0 Å². The molecule has 0 aliphatic heterocycles. The topological polar surface area (TPSA) is 49.4 Å². The smallest absolute Gasteiger partial charge is 0.243 e. The number of thioether (sulfide) groups is 1. The van der Waals surface area contributed by atoms with Gasteiger partial charge in [-0.2, -0.15) is 0 Å². The van der Waals surface area contributed by atoms with E-state index in [-0.39, 0.29) is 30.2 Å². The van der Waals surface area contributed by atoms with Crippen LogP contribution in [0.5, 0.6) is 0 Å². The number of halogens is 4. The Labute approximate surface area is 225 Å². The average Bonchev–Trinajstić information content (AvgIpc) is 3.30. The number of benzene rings is 2. The summed E-state index contributed by atoms with van der Waals surface area (Å²) < 4.78 is 0. The summed E-state index contributed by atoms with van der Waals surface area (Å²) in [6.07, 6.45) is 4.72. The van der Waals surface area contributed by atoms with Crippen LogP contribution < -0.4 is 5.32 Å². The van der Waals surface area contributed by atoms with Gasteiger partial charge in [0.25, 0.3) is 0 Å². The van der Waals surface area contributed by atoms with Gasteiger partial charge in [0, 0.05) is 28.4 Å². The molecular weight excluding hydrogens is 534 g/mol. The fourth-order valence-electron chi connectivity index (χ4n) is 4.09. The molecule has 34 heavy (non-hydrogen) atoms. The lowest BCUT2D eigenvalue weighted by Gasteiger charge is -2.31. The molecule has 9 heteroatoms. The predicted octanol–water partition coefficient (Wildman–Crippen LogP) is 7.40. The maximum Gasteiger partial charge on any atom is 0.243 e. The summed E-state index contributed by atoms with van der Waals surface area (Å²) in [7, 11) is 0. The first-order valence-electron chi connectivity index (χ1n) is 11.3. The summed E-state index contributed by atoms with van der Waals surface area (Å²) in [6, 6.07) is 10.2. The lowest BCUT2D eigenvalue weighted by molar-refractivity contribution is -0.139. The van der Waals surface area contributed by atoms with Crippen molar-refractivity contribution in [2.45, 2.75) is 63.4 Å². The van der Waals surface area contributed by atoms with Crippen LogP contribution in [0.25, 0.3) is 0 Å². The molecule has 3 rings (SSSR count). The predicted molar refractivity (Wildman–Crippen MR) is 144 cm³/mol. The van der Waals surface area contributed by atoms with Gasteiger partial charge in [0.1, 0.15) is 6.04 Å². The second-order valence-corrected chi connectivity index (χ2v) is 11.1. The Morgan fingerprint density at radius 1 is 1.03 bits per heavy atom. The van der Waals surface area contributed by atoms with Crippen LogP contribution >= 0.6 is 58.2 Å². The Hall–Kier alpha value is -1.11. The molecule has 1 N–H and O–H groups in total. The highest BCUT2D eigenvalue weighted by Gasteiger charge is 2.30. The Balaban J connectivity index is 1.73. The highest BCUT2D eigenvalue weighted by molar-refractivity contribution is 7.99. The monoisotopic (exact) mass is 560 g/mol. The maximum atomic E-state index is 13.4. The SMILES string of the molecule is CC[C@H](C(=O)NC1CCCC1)N(Cc1ccc(Cl)cc1Cl)C(=O)CSCc1ccc(Cl)c(Cl)c1. The number of hydrogen-bond donors (Lipinski definition) is 1. The zero-order valence-electron chi connectivity index (χ0n) is 19.0. The van der Waals surface area contributed by atoms with Crippen molar-refractivity contribution in [1.29, 1.82) is 0 Å². The van der Waals surface area contributed by atoms with Gasteiger partial charge in [-0.05, 0) is 54.7 Å². The molecule has 2 aromatic rings. The number of nitrogens with one attached hydrogen (secondary N) is 1. The van der Waals surface area contributed by atoms with Crippen LogP contribution in [-0.2, 0) is 21.9 Å². The third-order valence-corrected chi connectivity index (χ3v) is 8.24. The Morgan fingerprint density at radius 2 is 1.76 bits per heavy atom. The van der Waals surface area contributed by atoms with E-state index in [2.05, 4.69) is 5.32 Å². The number of amides is 2. The molecule has 0 aromatic heterocycles. The Morgan fingerprint density at radius 3 is 2.41 bits per heavy atom. The van der Waals surface area contributed by atoms with Gasteiger partial charge in [-0.3, -0.25) is 9.59 Å². The maximum absolute atomic E-state index is 13.4. The summed E-state index contributed by atoms with van der Waals surface area (Å²) in [5, 5.41) is 5.13. The fraction of sp³-hybridized carbons (Fsp3) is 0.440. The average molecular weight is 562 g/mol. The minimum Gasteiger partial charge on any atom is -0.352 e. The molecule has 1 aliphatic rings. The lowest BCUT2D eigenvalue weighted by atomic mass is 10.1. The fourth-order valence-corrected chi connectivity index (χ4v) is 5.74. The molecular formula is C25H28Cl4N2O2S. The van der Waals surface area contributed by atoms with Crippen LogP contribution in [-0.4, -0.2) is 34.6 Å². The van der Waals surface area contributed by atoms with Gasteiger partial charge in [-0.1, -0.05) is 78.3 Å². The van der Waals surface area contributed by atoms with Gasteiger partial charge in [0.05, 0.1) is 15.8 Å². The molecule has 2 amide bonds. The summed E-state index contributed by atoms with van der Waals surface area (Å²) >= 11 is 26.0. The molecule has 0 bridgehead atoms. The molecule has 0 saturated heterocycles. The molecule has 2 aromatic carbocycles. The summed E-state index contributed by atoms with van der Waals surface area (Å²) in [6.45, 7) is 2.16. The quantitative estimate of drug-likeness (QED) is 0.329. The highest BCUT2D eigenvalue weighted by atomic mass is 35.5. The molecule has 1 aliphatic carbocycles. The van der Waals surface area contributed by atoms with Gasteiger partial charge < -0.3 is 10.2 Å². The van der Waals surface area contributed by atoms with E-state index in [0.717, 1.165) is 36.8 Å². The first kappa shape index (κ1) is 27.5. The van der Waals surface area contributed by atoms with Gasteiger partial charge >= 0.3 is 0 Å². The van der Waals surface area contributed by atoms with E-state index < -0.39 is 6.04 Å². The first-order chi connectivity index (χ1) is 16.3. The van der Waals surface area contributed by atoms with E-state index in [1.165, 1.54) is 11.8 Å². The van der Waals surface area contributed by atoms with E-state index in [0.29, 0.717) is 32.3 Å². The molecule has 0 radical (unpaired) electrons.